The van der Waals surface area contributed by atoms with Gasteiger partial charge in [-0.1, -0.05) is 0 Å². The number of aromatic nitrogens is 1. The van der Waals surface area contributed by atoms with Crippen molar-refractivity contribution in [3.63, 3.8) is 0 Å². The van der Waals surface area contributed by atoms with Gasteiger partial charge >= 0.3 is 0 Å². The van der Waals surface area contributed by atoms with E-state index in [1.54, 1.807) is 0 Å². The van der Waals surface area contributed by atoms with E-state index in [4.69, 9.17) is 15.9 Å². The van der Waals surface area contributed by atoms with E-state index in [-0.39, 0.29) is 5.69 Å². The van der Waals surface area contributed by atoms with Gasteiger partial charge in [0.1, 0.15) is 6.07 Å². The van der Waals surface area contributed by atoms with E-state index in [2.05, 4.69) is 4.98 Å². The first kappa shape index (κ1) is 12.8. The summed E-state index contributed by atoms with van der Waals surface area (Å²) in [5.74, 6) is 0. The summed E-state index contributed by atoms with van der Waals surface area (Å²) in [6.45, 7) is 1.33. The summed E-state index contributed by atoms with van der Waals surface area (Å²) in [4.78, 5) is 3.48. The van der Waals surface area contributed by atoms with E-state index in [0.29, 0.717) is 0 Å². The molecule has 1 aromatic heterocycles. The fourth-order valence-corrected chi connectivity index (χ4v) is 2.13. The Morgan fingerprint density at radius 2 is 2.12 bits per heavy atom. The monoisotopic (exact) mass is 266 g/mol. The van der Waals surface area contributed by atoms with Crippen molar-refractivity contribution in [1.82, 2.24) is 4.98 Å². The van der Waals surface area contributed by atoms with Crippen molar-refractivity contribution in [2.45, 2.75) is 18.4 Å². The summed E-state index contributed by atoms with van der Waals surface area (Å²) < 4.78 is 47.2. The van der Waals surface area contributed by atoms with Gasteiger partial charge in [0.15, 0.2) is 5.03 Å². The first-order valence-electron chi connectivity index (χ1n) is 3.92. The molecule has 0 aliphatic heterocycles. The Hall–Kier alpha value is -1.26. The quantitative estimate of drug-likeness (QED) is 0.769. The SMILES string of the molecule is Cc1cc(C(F)F)c(C#N)c(S(=O)(=O)Cl)n1. The van der Waals surface area contributed by atoms with Crippen LogP contribution in [0.1, 0.15) is 23.2 Å². The van der Waals surface area contributed by atoms with Crippen molar-refractivity contribution in [3.05, 3.63) is 22.9 Å². The molecule has 8 heteroatoms. The van der Waals surface area contributed by atoms with E-state index in [0.717, 1.165) is 6.07 Å². The molecule has 0 N–H and O–H groups in total. The third-order valence-corrected chi connectivity index (χ3v) is 2.92. The second-order valence-corrected chi connectivity index (χ2v) is 5.36. The zero-order valence-electron chi connectivity index (χ0n) is 7.91. The van der Waals surface area contributed by atoms with Crippen molar-refractivity contribution >= 4 is 19.7 Å². The Balaban J connectivity index is 3.71. The van der Waals surface area contributed by atoms with Crippen molar-refractivity contribution in [2.24, 2.45) is 0 Å². The van der Waals surface area contributed by atoms with Crippen molar-refractivity contribution in [2.75, 3.05) is 0 Å². The molecular weight excluding hydrogens is 262 g/mol. The molecule has 0 aromatic carbocycles. The average molecular weight is 267 g/mol. The molecular formula is C8H5ClF2N2O2S. The first-order valence-corrected chi connectivity index (χ1v) is 6.22. The molecule has 0 aliphatic rings. The van der Waals surface area contributed by atoms with Crippen molar-refractivity contribution in [3.8, 4) is 6.07 Å². The number of nitriles is 1. The molecule has 86 valence electrons. The summed E-state index contributed by atoms with van der Waals surface area (Å²) in [6.07, 6.45) is -2.96. The van der Waals surface area contributed by atoms with Crippen LogP contribution in [-0.2, 0) is 9.05 Å². The third-order valence-electron chi connectivity index (χ3n) is 1.72. The van der Waals surface area contributed by atoms with Crippen LogP contribution in [-0.4, -0.2) is 13.4 Å². The van der Waals surface area contributed by atoms with E-state index >= 15 is 0 Å². The fourth-order valence-electron chi connectivity index (χ4n) is 1.13. The third kappa shape index (κ3) is 2.46. The number of pyridine rings is 1. The molecule has 0 unspecified atom stereocenters. The molecule has 0 radical (unpaired) electrons. The minimum absolute atomic E-state index is 0.0496. The van der Waals surface area contributed by atoms with Gasteiger partial charge in [-0.25, -0.2) is 22.2 Å². The maximum atomic E-state index is 12.5. The standard InChI is InChI=1S/C8H5ClF2N2O2S/c1-4-2-5(7(10)11)6(3-12)8(13-4)16(9,14)15/h2,7H,1H3. The molecule has 0 saturated heterocycles. The van der Waals surface area contributed by atoms with Gasteiger partial charge in [0.05, 0.1) is 5.56 Å². The Labute approximate surface area is 94.9 Å². The Kier molecular flexibility index (Phi) is 3.45. The minimum Gasteiger partial charge on any atom is -0.239 e. The van der Waals surface area contributed by atoms with Crippen LogP contribution in [0.15, 0.2) is 11.1 Å². The van der Waals surface area contributed by atoms with E-state index in [1.165, 1.54) is 13.0 Å². The Morgan fingerprint density at radius 3 is 2.50 bits per heavy atom. The predicted octanol–water partition coefficient (Wildman–Crippen LogP) is 2.13. The lowest BCUT2D eigenvalue weighted by Crippen LogP contribution is -2.05. The number of alkyl halides is 2. The zero-order valence-corrected chi connectivity index (χ0v) is 9.48. The first-order chi connectivity index (χ1) is 7.27. The lowest BCUT2D eigenvalue weighted by Gasteiger charge is -2.07. The average Bonchev–Trinajstić information content (AvgIpc) is 2.14. The molecule has 16 heavy (non-hydrogen) atoms. The van der Waals surface area contributed by atoms with Gasteiger partial charge in [0.2, 0.25) is 0 Å². The molecule has 0 atom stereocenters. The Morgan fingerprint density at radius 1 is 1.56 bits per heavy atom. The summed E-state index contributed by atoms with van der Waals surface area (Å²) in [7, 11) is 0.686. The predicted molar refractivity (Wildman–Crippen MR) is 51.7 cm³/mol. The molecule has 0 aliphatic carbocycles. The van der Waals surface area contributed by atoms with Gasteiger partial charge in [-0.3, -0.25) is 0 Å². The highest BCUT2D eigenvalue weighted by Crippen LogP contribution is 2.28. The summed E-state index contributed by atoms with van der Waals surface area (Å²) in [6, 6.07) is 2.33. The molecule has 0 amide bonds. The summed E-state index contributed by atoms with van der Waals surface area (Å²) >= 11 is 0. The molecule has 1 rings (SSSR count). The topological polar surface area (TPSA) is 70.8 Å². The van der Waals surface area contributed by atoms with E-state index in [1.807, 2.05) is 0 Å². The van der Waals surface area contributed by atoms with Crippen LogP contribution in [0.3, 0.4) is 0 Å². The number of aryl methyl sites for hydroxylation is 1. The van der Waals surface area contributed by atoms with Gasteiger partial charge < -0.3 is 0 Å². The van der Waals surface area contributed by atoms with Gasteiger partial charge in [0.25, 0.3) is 15.5 Å². The number of hydrogen-bond donors (Lipinski definition) is 0. The summed E-state index contributed by atoms with van der Waals surface area (Å²) in [5, 5.41) is 7.83. The summed E-state index contributed by atoms with van der Waals surface area (Å²) in [5.41, 5.74) is -1.35. The minimum atomic E-state index is -4.32. The molecule has 0 fully saturated rings. The number of hydrogen-bond acceptors (Lipinski definition) is 4. The maximum Gasteiger partial charge on any atom is 0.280 e. The van der Waals surface area contributed by atoms with Crippen molar-refractivity contribution in [1.29, 1.82) is 5.26 Å². The lowest BCUT2D eigenvalue weighted by molar-refractivity contribution is 0.150. The largest absolute Gasteiger partial charge is 0.280 e. The molecule has 0 saturated carbocycles. The van der Waals surface area contributed by atoms with Crippen LogP contribution in [0.25, 0.3) is 0 Å². The van der Waals surface area contributed by atoms with Crippen LogP contribution in [0.2, 0.25) is 0 Å². The molecule has 1 aromatic rings. The lowest BCUT2D eigenvalue weighted by atomic mass is 10.1. The molecule has 0 spiro atoms. The highest BCUT2D eigenvalue weighted by atomic mass is 35.7. The van der Waals surface area contributed by atoms with Crippen LogP contribution in [0.4, 0.5) is 8.78 Å². The van der Waals surface area contributed by atoms with Gasteiger partial charge in [-0.2, -0.15) is 5.26 Å². The van der Waals surface area contributed by atoms with Gasteiger partial charge in [0, 0.05) is 21.9 Å². The number of halogens is 3. The maximum absolute atomic E-state index is 12.5. The van der Waals surface area contributed by atoms with E-state index < -0.39 is 31.6 Å². The second-order valence-electron chi connectivity index (χ2n) is 2.88. The van der Waals surface area contributed by atoms with Gasteiger partial charge in [-0.05, 0) is 13.0 Å². The zero-order chi connectivity index (χ0) is 12.5. The fraction of sp³-hybridized carbons (Fsp3) is 0.250. The van der Waals surface area contributed by atoms with Crippen LogP contribution in [0, 0.1) is 18.3 Å². The highest BCUT2D eigenvalue weighted by molar-refractivity contribution is 8.13. The van der Waals surface area contributed by atoms with Crippen LogP contribution >= 0.6 is 10.7 Å². The highest BCUT2D eigenvalue weighted by Gasteiger charge is 2.25. The Bertz CT molecular complexity index is 566. The number of rotatable bonds is 2. The molecule has 1 heterocycles. The molecule has 4 nitrogen and oxygen atoms in total. The van der Waals surface area contributed by atoms with Crippen LogP contribution in [0.5, 0.6) is 0 Å². The molecule has 0 bridgehead atoms. The van der Waals surface area contributed by atoms with Gasteiger partial charge in [-0.15, -0.1) is 0 Å². The smallest absolute Gasteiger partial charge is 0.239 e. The van der Waals surface area contributed by atoms with Crippen molar-refractivity contribution < 1.29 is 17.2 Å². The van der Waals surface area contributed by atoms with Crippen LogP contribution < -0.4 is 0 Å². The van der Waals surface area contributed by atoms with E-state index in [9.17, 15) is 17.2 Å². The number of nitrogens with zero attached hydrogens (tertiary/aromatic N) is 2. The normalized spacial score (nSPS) is 11.5. The second kappa shape index (κ2) is 4.31.